The topological polar surface area (TPSA) is 12.0 Å². The van der Waals surface area contributed by atoms with E-state index < -0.39 is 0 Å². The lowest BCUT2D eigenvalue weighted by Gasteiger charge is -2.09. The average molecular weight is 336 g/mol. The zero-order valence-electron chi connectivity index (χ0n) is 11.2. The van der Waals surface area contributed by atoms with Gasteiger partial charge in [0.25, 0.3) is 0 Å². The van der Waals surface area contributed by atoms with Crippen molar-refractivity contribution < 1.29 is 0 Å². The number of benzene rings is 2. The molecule has 1 nitrogen and oxygen atoms in total. The van der Waals surface area contributed by atoms with Gasteiger partial charge in [-0.3, -0.25) is 0 Å². The third kappa shape index (κ3) is 4.37. The van der Waals surface area contributed by atoms with Crippen molar-refractivity contribution in [1.29, 1.82) is 0 Å². The van der Waals surface area contributed by atoms with Gasteiger partial charge in [-0.2, -0.15) is 0 Å². The minimum atomic E-state index is 0.944. The summed E-state index contributed by atoms with van der Waals surface area (Å²) in [7, 11) is 0. The van der Waals surface area contributed by atoms with Crippen LogP contribution in [0, 0.1) is 6.92 Å². The van der Waals surface area contributed by atoms with E-state index in [1.807, 2.05) is 11.8 Å². The lowest BCUT2D eigenvalue weighted by molar-refractivity contribution is 0.726. The van der Waals surface area contributed by atoms with Crippen LogP contribution in [0.3, 0.4) is 0 Å². The van der Waals surface area contributed by atoms with Gasteiger partial charge in [0.05, 0.1) is 0 Å². The molecule has 0 unspecified atom stereocenters. The summed E-state index contributed by atoms with van der Waals surface area (Å²) in [6.45, 7) is 6.26. The highest BCUT2D eigenvalue weighted by molar-refractivity contribution is 9.10. The Labute approximate surface area is 127 Å². The molecule has 0 aliphatic heterocycles. The Hall–Kier alpha value is -0.770. The quantitative estimate of drug-likeness (QED) is 0.823. The molecule has 0 aromatic heterocycles. The molecule has 0 fully saturated rings. The van der Waals surface area contributed by atoms with Crippen LogP contribution in [0.2, 0.25) is 0 Å². The predicted molar refractivity (Wildman–Crippen MR) is 86.8 cm³/mol. The van der Waals surface area contributed by atoms with Crippen LogP contribution in [-0.2, 0) is 6.54 Å². The summed E-state index contributed by atoms with van der Waals surface area (Å²) in [5, 5.41) is 3.36. The summed E-state index contributed by atoms with van der Waals surface area (Å²) in [5.41, 5.74) is 2.68. The number of hydrogen-bond donors (Lipinski definition) is 1. The molecule has 1 N–H and O–H groups in total. The SMILES string of the molecule is CCNCc1ccc(Sc2cccc(Br)c2)c(C)c1. The molecule has 0 spiro atoms. The van der Waals surface area contributed by atoms with E-state index in [-0.39, 0.29) is 0 Å². The van der Waals surface area contributed by atoms with Crippen molar-refractivity contribution in [2.75, 3.05) is 6.54 Å². The summed E-state index contributed by atoms with van der Waals surface area (Å²) in [4.78, 5) is 2.58. The molecule has 0 aliphatic carbocycles. The summed E-state index contributed by atoms with van der Waals surface area (Å²) in [5.74, 6) is 0. The summed E-state index contributed by atoms with van der Waals surface area (Å²) in [6.07, 6.45) is 0. The maximum absolute atomic E-state index is 3.51. The van der Waals surface area contributed by atoms with Crippen LogP contribution in [0.4, 0.5) is 0 Å². The highest BCUT2D eigenvalue weighted by atomic mass is 79.9. The first-order chi connectivity index (χ1) is 9.19. The van der Waals surface area contributed by atoms with Gasteiger partial charge in [0.2, 0.25) is 0 Å². The second kappa shape index (κ2) is 7.13. The number of hydrogen-bond acceptors (Lipinski definition) is 2. The maximum atomic E-state index is 3.51. The largest absolute Gasteiger partial charge is 0.313 e. The van der Waals surface area contributed by atoms with E-state index in [0.717, 1.165) is 17.6 Å². The number of rotatable bonds is 5. The molecule has 0 atom stereocenters. The molecule has 0 saturated carbocycles. The maximum Gasteiger partial charge on any atom is 0.0205 e. The second-order valence-corrected chi connectivity index (χ2v) is 6.47. The molecule has 0 aliphatic rings. The van der Waals surface area contributed by atoms with Crippen molar-refractivity contribution in [2.45, 2.75) is 30.2 Å². The van der Waals surface area contributed by atoms with Crippen LogP contribution in [0.15, 0.2) is 56.7 Å². The Balaban J connectivity index is 2.13. The minimum Gasteiger partial charge on any atom is -0.313 e. The Morgan fingerprint density at radius 2 is 2.00 bits per heavy atom. The molecule has 0 radical (unpaired) electrons. The van der Waals surface area contributed by atoms with Gasteiger partial charge in [-0.1, -0.05) is 52.8 Å². The highest BCUT2D eigenvalue weighted by Crippen LogP contribution is 2.32. The lowest BCUT2D eigenvalue weighted by atomic mass is 10.1. The summed E-state index contributed by atoms with van der Waals surface area (Å²) < 4.78 is 1.12. The molecule has 3 heteroatoms. The average Bonchev–Trinajstić information content (AvgIpc) is 2.39. The van der Waals surface area contributed by atoms with E-state index in [2.05, 4.69) is 77.6 Å². The first kappa shape index (κ1) is 14.6. The van der Waals surface area contributed by atoms with Crippen molar-refractivity contribution in [2.24, 2.45) is 0 Å². The zero-order chi connectivity index (χ0) is 13.7. The highest BCUT2D eigenvalue weighted by Gasteiger charge is 2.03. The van der Waals surface area contributed by atoms with Crippen molar-refractivity contribution in [3.8, 4) is 0 Å². The van der Waals surface area contributed by atoms with Gasteiger partial charge in [0.15, 0.2) is 0 Å². The molecule has 0 bridgehead atoms. The number of nitrogens with one attached hydrogen (secondary N) is 1. The van der Waals surface area contributed by atoms with Crippen LogP contribution >= 0.6 is 27.7 Å². The number of halogens is 1. The Kier molecular flexibility index (Phi) is 5.49. The third-order valence-corrected chi connectivity index (χ3v) is 4.50. The van der Waals surface area contributed by atoms with Gasteiger partial charge in [-0.25, -0.2) is 0 Å². The monoisotopic (exact) mass is 335 g/mol. The zero-order valence-corrected chi connectivity index (χ0v) is 13.6. The van der Waals surface area contributed by atoms with Crippen LogP contribution in [0.1, 0.15) is 18.1 Å². The predicted octanol–water partition coefficient (Wildman–Crippen LogP) is 5.02. The summed E-state index contributed by atoms with van der Waals surface area (Å²) in [6, 6.07) is 15.1. The molecule has 0 amide bonds. The van der Waals surface area contributed by atoms with Gasteiger partial charge in [0, 0.05) is 20.8 Å². The van der Waals surface area contributed by atoms with Crippen molar-refractivity contribution in [1.82, 2.24) is 5.32 Å². The van der Waals surface area contributed by atoms with Crippen LogP contribution < -0.4 is 5.32 Å². The second-order valence-electron chi connectivity index (χ2n) is 4.44. The van der Waals surface area contributed by atoms with Gasteiger partial charge >= 0.3 is 0 Å². The Morgan fingerprint density at radius 1 is 1.16 bits per heavy atom. The van der Waals surface area contributed by atoms with Crippen molar-refractivity contribution in [3.63, 3.8) is 0 Å². The fourth-order valence-corrected chi connectivity index (χ4v) is 3.36. The molecule has 0 saturated heterocycles. The molecule has 0 heterocycles. The molecular weight excluding hydrogens is 318 g/mol. The molecule has 2 aromatic rings. The third-order valence-electron chi connectivity index (χ3n) is 2.84. The Bertz CT molecular complexity index is 554. The fraction of sp³-hybridized carbons (Fsp3) is 0.250. The Morgan fingerprint density at radius 3 is 2.68 bits per heavy atom. The van der Waals surface area contributed by atoms with E-state index in [0.29, 0.717) is 0 Å². The van der Waals surface area contributed by atoms with E-state index in [4.69, 9.17) is 0 Å². The fourth-order valence-electron chi connectivity index (χ4n) is 1.86. The van der Waals surface area contributed by atoms with Gasteiger partial charge in [-0.05, 0) is 48.9 Å². The van der Waals surface area contributed by atoms with Crippen LogP contribution in [0.25, 0.3) is 0 Å². The van der Waals surface area contributed by atoms with Crippen LogP contribution in [-0.4, -0.2) is 6.54 Å². The molecule has 100 valence electrons. The first-order valence-corrected chi connectivity index (χ1v) is 8.03. The number of aryl methyl sites for hydroxylation is 1. The van der Waals surface area contributed by atoms with Gasteiger partial charge < -0.3 is 5.32 Å². The smallest absolute Gasteiger partial charge is 0.0205 e. The van der Waals surface area contributed by atoms with E-state index in [9.17, 15) is 0 Å². The normalized spacial score (nSPS) is 10.7. The molecule has 19 heavy (non-hydrogen) atoms. The van der Waals surface area contributed by atoms with Crippen molar-refractivity contribution >= 4 is 27.7 Å². The molecule has 2 rings (SSSR count). The summed E-state index contributed by atoms with van der Waals surface area (Å²) >= 11 is 5.32. The minimum absolute atomic E-state index is 0.944. The van der Waals surface area contributed by atoms with Crippen molar-refractivity contribution in [3.05, 3.63) is 58.1 Å². The lowest BCUT2D eigenvalue weighted by Crippen LogP contribution is -2.11. The van der Waals surface area contributed by atoms with Crippen LogP contribution in [0.5, 0.6) is 0 Å². The molecular formula is C16H18BrNS. The van der Waals surface area contributed by atoms with E-state index >= 15 is 0 Å². The standard InChI is InChI=1S/C16H18BrNS/c1-3-18-11-13-7-8-16(12(2)9-13)19-15-6-4-5-14(17)10-15/h4-10,18H,3,11H2,1-2H3. The first-order valence-electron chi connectivity index (χ1n) is 6.42. The van der Waals surface area contributed by atoms with Gasteiger partial charge in [-0.15, -0.1) is 0 Å². The molecule has 2 aromatic carbocycles. The van der Waals surface area contributed by atoms with E-state index in [1.54, 1.807) is 0 Å². The van der Waals surface area contributed by atoms with E-state index in [1.165, 1.54) is 20.9 Å². The van der Waals surface area contributed by atoms with Gasteiger partial charge in [0.1, 0.15) is 0 Å².